The quantitative estimate of drug-likeness (QED) is 0.179. The van der Waals surface area contributed by atoms with E-state index >= 15 is 0 Å². The number of rotatable bonds is 11. The van der Waals surface area contributed by atoms with Crippen LogP contribution in [0.3, 0.4) is 0 Å². The minimum atomic E-state index is 0.428. The number of nitrogens with one attached hydrogen (secondary N) is 3. The van der Waals surface area contributed by atoms with Gasteiger partial charge in [0.15, 0.2) is 0 Å². The van der Waals surface area contributed by atoms with Crippen LogP contribution < -0.4 is 21.7 Å². The molecule has 7 heteroatoms. The van der Waals surface area contributed by atoms with Crippen molar-refractivity contribution in [1.29, 1.82) is 0 Å². The molecular weight excluding hydrogens is 438 g/mol. The van der Waals surface area contributed by atoms with Crippen molar-refractivity contribution in [3.8, 4) is 0 Å². The number of nitrogens with two attached hydrogens (primary N) is 1. The molecule has 2 aliphatic rings. The first-order valence-electron chi connectivity index (χ1n) is 13.3. The number of carbonyl (C=O) groups excluding carboxylic acids is 1. The number of hydrogen-bond acceptors (Lipinski definition) is 6. The second kappa shape index (κ2) is 39.0. The van der Waals surface area contributed by atoms with Crippen LogP contribution >= 0.6 is 0 Å². The first-order chi connectivity index (χ1) is 17.1. The van der Waals surface area contributed by atoms with E-state index in [2.05, 4.69) is 46.5 Å². The van der Waals surface area contributed by atoms with Crippen LogP contribution in [0.25, 0.3) is 0 Å². The molecule has 1 saturated carbocycles. The number of ether oxygens (including phenoxy) is 1. The molecule has 2 rings (SSSR count). The first-order valence-corrected chi connectivity index (χ1v) is 13.3. The van der Waals surface area contributed by atoms with Crippen molar-refractivity contribution in [2.75, 3.05) is 46.9 Å². The highest BCUT2D eigenvalue weighted by molar-refractivity contribution is 5.47. The Hall–Kier alpha value is -2.25. The van der Waals surface area contributed by atoms with Gasteiger partial charge >= 0.3 is 0 Å². The summed E-state index contributed by atoms with van der Waals surface area (Å²) in [6, 6.07) is 0. The monoisotopic (exact) mass is 497 g/mol. The van der Waals surface area contributed by atoms with Gasteiger partial charge in [0.1, 0.15) is 5.82 Å². The van der Waals surface area contributed by atoms with Crippen LogP contribution in [0.15, 0.2) is 49.1 Å². The van der Waals surface area contributed by atoms with Crippen LogP contribution in [0.5, 0.6) is 0 Å². The highest BCUT2D eigenvalue weighted by Gasteiger charge is 2.20. The van der Waals surface area contributed by atoms with Crippen LogP contribution in [-0.2, 0) is 9.53 Å². The molecule has 0 aromatic carbocycles. The highest BCUT2D eigenvalue weighted by Crippen LogP contribution is 2.28. The molecule has 0 spiro atoms. The molecule has 1 saturated heterocycles. The van der Waals surface area contributed by atoms with Crippen molar-refractivity contribution in [2.45, 2.75) is 73.6 Å². The number of carbonyl (C=O) groups is 1. The van der Waals surface area contributed by atoms with E-state index in [0.717, 1.165) is 19.1 Å². The molecule has 2 fully saturated rings. The summed E-state index contributed by atoms with van der Waals surface area (Å²) in [6.45, 7) is 20.9. The van der Waals surface area contributed by atoms with Gasteiger partial charge in [-0.3, -0.25) is 9.69 Å². The fourth-order valence-electron chi connectivity index (χ4n) is 2.30. The molecule has 0 aromatic rings. The number of amides is 1. The molecule has 0 aromatic heterocycles. The van der Waals surface area contributed by atoms with E-state index in [-0.39, 0.29) is 0 Å². The maximum Gasteiger partial charge on any atom is 0.211 e. The van der Waals surface area contributed by atoms with Gasteiger partial charge in [-0.15, -0.1) is 6.58 Å². The molecule has 0 unspecified atom stereocenters. The highest BCUT2D eigenvalue weighted by atomic mass is 16.5. The predicted molar refractivity (Wildman–Crippen MR) is 156 cm³/mol. The Morgan fingerprint density at radius 3 is 2.09 bits per heavy atom. The van der Waals surface area contributed by atoms with E-state index in [1.54, 1.807) is 13.1 Å². The van der Waals surface area contributed by atoms with Crippen LogP contribution in [-0.4, -0.2) is 58.3 Å². The summed E-state index contributed by atoms with van der Waals surface area (Å²) in [4.78, 5) is 12.1. The second-order valence-corrected chi connectivity index (χ2v) is 7.10. The van der Waals surface area contributed by atoms with Crippen LogP contribution in [0, 0.1) is 5.92 Å². The van der Waals surface area contributed by atoms with Gasteiger partial charge in [-0.1, -0.05) is 52.8 Å². The molecule has 5 N–H and O–H groups in total. The van der Waals surface area contributed by atoms with Gasteiger partial charge in [0.2, 0.25) is 6.41 Å². The van der Waals surface area contributed by atoms with Gasteiger partial charge in [-0.2, -0.15) is 0 Å². The van der Waals surface area contributed by atoms with E-state index in [4.69, 9.17) is 10.5 Å². The third-order valence-corrected chi connectivity index (χ3v) is 4.11. The molecule has 1 aliphatic carbocycles. The van der Waals surface area contributed by atoms with Gasteiger partial charge in [0, 0.05) is 33.4 Å². The molecule has 1 amide bonds. The number of allylic oxidation sites excluding steroid dienone is 2. The summed E-state index contributed by atoms with van der Waals surface area (Å²) in [7, 11) is 3.55. The summed E-state index contributed by atoms with van der Waals surface area (Å²) in [5.74, 6) is 1.31. The standard InChI is InChI=1S/C9H17N.C8H15NO.C4H9N3O.C3H6.2C2H6/c1-2-3-4-7-10-8-5-6-9-10;1-9-5-2-6-10-7-8-3-4-8;1-6-4(5)2-7-3-8;1-3-2;2*1-2/h3-4H,2,5-9H2,1H3;2,5,8-9H,3-4,6-7H2,1H3;2-3,6H,5H2,1H3,(H,7,8);3H,1H2,2H3;2*1-2H3/b4-3+;5-2+;4-2+;;;. The molecular formula is C28H59N5O2. The SMILES string of the molecule is C=CC.CC.CC.CC/C=C/CN1CCCC1.CN/C(N)=C/NC=O.CN/C=C/COCC1CC1. The van der Waals surface area contributed by atoms with Crippen molar-refractivity contribution in [2.24, 2.45) is 11.7 Å². The van der Waals surface area contributed by atoms with E-state index in [1.807, 2.05) is 53.9 Å². The van der Waals surface area contributed by atoms with Crippen molar-refractivity contribution in [3.63, 3.8) is 0 Å². The van der Waals surface area contributed by atoms with Crippen molar-refractivity contribution < 1.29 is 9.53 Å². The Morgan fingerprint density at radius 1 is 1.09 bits per heavy atom. The van der Waals surface area contributed by atoms with Crippen molar-refractivity contribution in [3.05, 3.63) is 49.1 Å². The zero-order valence-corrected chi connectivity index (χ0v) is 24.2. The summed E-state index contributed by atoms with van der Waals surface area (Å²) in [5.41, 5.74) is 5.19. The molecule has 0 radical (unpaired) electrons. The fraction of sp³-hybridized carbons (Fsp3) is 0.679. The Morgan fingerprint density at radius 2 is 1.66 bits per heavy atom. The first kappa shape index (κ1) is 39.9. The minimum absolute atomic E-state index is 0.428. The lowest BCUT2D eigenvalue weighted by molar-refractivity contribution is -0.108. The summed E-state index contributed by atoms with van der Waals surface area (Å²) < 4.78 is 5.33. The molecule has 0 atom stereocenters. The summed E-state index contributed by atoms with van der Waals surface area (Å²) in [6.07, 6.45) is 18.8. The average Bonchev–Trinajstić information content (AvgIpc) is 3.58. The summed E-state index contributed by atoms with van der Waals surface area (Å²) >= 11 is 0. The molecule has 1 heterocycles. The summed E-state index contributed by atoms with van der Waals surface area (Å²) in [5, 5.41) is 7.80. The molecule has 208 valence electrons. The van der Waals surface area contributed by atoms with E-state index in [1.165, 1.54) is 57.9 Å². The number of nitrogens with zero attached hydrogens (tertiary/aromatic N) is 1. The van der Waals surface area contributed by atoms with Gasteiger partial charge in [-0.25, -0.2) is 0 Å². The number of hydrogen-bond donors (Lipinski definition) is 4. The van der Waals surface area contributed by atoms with Crippen molar-refractivity contribution in [1.82, 2.24) is 20.9 Å². The smallest absolute Gasteiger partial charge is 0.211 e. The molecule has 1 aliphatic heterocycles. The lowest BCUT2D eigenvalue weighted by atomic mass is 10.4. The van der Waals surface area contributed by atoms with Crippen LogP contribution in [0.1, 0.15) is 73.6 Å². The van der Waals surface area contributed by atoms with Gasteiger partial charge in [0.05, 0.1) is 6.61 Å². The maximum atomic E-state index is 9.59. The zero-order valence-electron chi connectivity index (χ0n) is 24.2. The van der Waals surface area contributed by atoms with E-state index in [0.29, 0.717) is 12.2 Å². The Kier molecular flexibility index (Phi) is 44.5. The van der Waals surface area contributed by atoms with Gasteiger partial charge in [-0.05, 0) is 70.3 Å². The molecule has 7 nitrogen and oxygen atoms in total. The average molecular weight is 498 g/mol. The molecule has 0 bridgehead atoms. The van der Waals surface area contributed by atoms with Crippen LogP contribution in [0.2, 0.25) is 0 Å². The third kappa shape index (κ3) is 42.4. The topological polar surface area (TPSA) is 91.7 Å². The van der Waals surface area contributed by atoms with Gasteiger partial charge in [0.25, 0.3) is 0 Å². The zero-order chi connectivity index (χ0) is 27.6. The fourth-order valence-corrected chi connectivity index (χ4v) is 2.30. The van der Waals surface area contributed by atoms with Crippen LogP contribution in [0.4, 0.5) is 0 Å². The van der Waals surface area contributed by atoms with E-state index in [9.17, 15) is 4.79 Å². The Labute approximate surface area is 218 Å². The maximum absolute atomic E-state index is 9.59. The normalized spacial score (nSPS) is 14.2. The number of likely N-dealkylation sites (tertiary alicyclic amines) is 1. The van der Waals surface area contributed by atoms with Gasteiger partial charge < -0.3 is 26.4 Å². The second-order valence-electron chi connectivity index (χ2n) is 7.10. The lowest BCUT2D eigenvalue weighted by Crippen LogP contribution is -2.18. The van der Waals surface area contributed by atoms with Crippen molar-refractivity contribution >= 4 is 6.41 Å². The largest absolute Gasteiger partial charge is 0.394 e. The predicted octanol–water partition coefficient (Wildman–Crippen LogP) is 5.15. The molecule has 35 heavy (non-hydrogen) atoms. The lowest BCUT2D eigenvalue weighted by Gasteiger charge is -2.09. The third-order valence-electron chi connectivity index (χ3n) is 4.11. The minimum Gasteiger partial charge on any atom is -0.394 e. The van der Waals surface area contributed by atoms with E-state index < -0.39 is 0 Å². The Bertz CT molecular complexity index is 484. The Balaban J connectivity index is -0.000000183.